The number of carbonyl (C=O) groups is 1. The van der Waals surface area contributed by atoms with Gasteiger partial charge < -0.3 is 15.4 Å². The van der Waals surface area contributed by atoms with E-state index in [-0.39, 0.29) is 23.5 Å². The average Bonchev–Trinajstić information content (AvgIpc) is 3.15. The van der Waals surface area contributed by atoms with Crippen molar-refractivity contribution in [1.29, 1.82) is 0 Å². The third kappa shape index (κ3) is 4.96. The van der Waals surface area contributed by atoms with Gasteiger partial charge in [-0.3, -0.25) is 4.79 Å². The summed E-state index contributed by atoms with van der Waals surface area (Å²) < 4.78 is 19.1. The van der Waals surface area contributed by atoms with Crippen LogP contribution in [0.4, 0.5) is 10.3 Å². The molecule has 25 heavy (non-hydrogen) atoms. The van der Waals surface area contributed by atoms with Crippen molar-refractivity contribution in [1.82, 2.24) is 15.3 Å². The molecule has 0 aliphatic carbocycles. The average molecular weight is 344 g/mol. The molecule has 0 radical (unpaired) electrons. The summed E-state index contributed by atoms with van der Waals surface area (Å²) in [7, 11) is 0. The summed E-state index contributed by atoms with van der Waals surface area (Å²) in [6.07, 6.45) is 4.22. The predicted molar refractivity (Wildman–Crippen MR) is 91.9 cm³/mol. The van der Waals surface area contributed by atoms with E-state index in [0.717, 1.165) is 19.4 Å². The summed E-state index contributed by atoms with van der Waals surface area (Å²) in [6.45, 7) is 1.75. The van der Waals surface area contributed by atoms with Crippen molar-refractivity contribution >= 4 is 11.9 Å². The van der Waals surface area contributed by atoms with Crippen LogP contribution in [0.5, 0.6) is 0 Å². The lowest BCUT2D eigenvalue weighted by Crippen LogP contribution is -2.27. The molecule has 6 nitrogen and oxygen atoms in total. The zero-order valence-electron chi connectivity index (χ0n) is 13.9. The van der Waals surface area contributed by atoms with E-state index in [4.69, 9.17) is 4.74 Å². The number of halogens is 1. The van der Waals surface area contributed by atoms with Crippen LogP contribution in [0.3, 0.4) is 0 Å². The lowest BCUT2D eigenvalue weighted by Gasteiger charge is -2.11. The summed E-state index contributed by atoms with van der Waals surface area (Å²) in [4.78, 5) is 20.5. The molecule has 0 bridgehead atoms. The van der Waals surface area contributed by atoms with Gasteiger partial charge in [0.15, 0.2) is 0 Å². The molecule has 132 valence electrons. The Bertz CT molecular complexity index is 720. The lowest BCUT2D eigenvalue weighted by atomic mass is 10.1. The molecule has 1 aromatic carbocycles. The molecule has 1 fully saturated rings. The van der Waals surface area contributed by atoms with E-state index < -0.39 is 0 Å². The maximum atomic E-state index is 13.6. The van der Waals surface area contributed by atoms with Crippen molar-refractivity contribution in [3.8, 4) is 0 Å². The Hall–Kier alpha value is -2.54. The van der Waals surface area contributed by atoms with Gasteiger partial charge >= 0.3 is 0 Å². The molecule has 0 saturated carbocycles. The van der Waals surface area contributed by atoms with Crippen molar-refractivity contribution in [3.63, 3.8) is 0 Å². The molecule has 1 aromatic heterocycles. The van der Waals surface area contributed by atoms with Gasteiger partial charge in [0.1, 0.15) is 11.5 Å². The van der Waals surface area contributed by atoms with Gasteiger partial charge in [0.2, 0.25) is 5.95 Å². The van der Waals surface area contributed by atoms with E-state index >= 15 is 0 Å². The minimum Gasteiger partial charge on any atom is -0.376 e. The van der Waals surface area contributed by atoms with Crippen LogP contribution in [0.15, 0.2) is 36.5 Å². The smallest absolute Gasteiger partial charge is 0.270 e. The Morgan fingerprint density at radius 1 is 1.32 bits per heavy atom. The van der Waals surface area contributed by atoms with Crippen LogP contribution in [0.2, 0.25) is 0 Å². The zero-order valence-corrected chi connectivity index (χ0v) is 13.9. The summed E-state index contributed by atoms with van der Waals surface area (Å²) >= 11 is 0. The zero-order chi connectivity index (χ0) is 17.5. The molecule has 1 saturated heterocycles. The van der Waals surface area contributed by atoms with Crippen molar-refractivity contribution in [2.45, 2.75) is 25.4 Å². The van der Waals surface area contributed by atoms with E-state index in [0.29, 0.717) is 31.0 Å². The molecular formula is C18H21FN4O2. The second kappa shape index (κ2) is 8.53. The highest BCUT2D eigenvalue weighted by atomic mass is 19.1. The number of benzene rings is 1. The summed E-state index contributed by atoms with van der Waals surface area (Å²) in [5.74, 6) is -0.171. The van der Waals surface area contributed by atoms with Crippen molar-refractivity contribution in [3.05, 3.63) is 53.6 Å². The lowest BCUT2D eigenvalue weighted by molar-refractivity contribution is 0.0949. The normalized spacial score (nSPS) is 16.6. The number of hydrogen-bond acceptors (Lipinski definition) is 5. The minimum atomic E-state index is -0.307. The van der Waals surface area contributed by atoms with Crippen LogP contribution >= 0.6 is 0 Å². The Balaban J connectivity index is 1.49. The number of carbonyl (C=O) groups excluding carboxylic acids is 1. The molecular weight excluding hydrogens is 323 g/mol. The van der Waals surface area contributed by atoms with Crippen molar-refractivity contribution < 1.29 is 13.9 Å². The van der Waals surface area contributed by atoms with Gasteiger partial charge in [-0.25, -0.2) is 14.4 Å². The Morgan fingerprint density at radius 3 is 3.00 bits per heavy atom. The molecule has 0 spiro atoms. The van der Waals surface area contributed by atoms with Crippen LogP contribution in [0.25, 0.3) is 0 Å². The molecule has 1 unspecified atom stereocenters. The van der Waals surface area contributed by atoms with Gasteiger partial charge in [-0.15, -0.1) is 0 Å². The molecule has 7 heteroatoms. The topological polar surface area (TPSA) is 76.1 Å². The van der Waals surface area contributed by atoms with E-state index in [2.05, 4.69) is 20.6 Å². The summed E-state index contributed by atoms with van der Waals surface area (Å²) in [5.41, 5.74) is 0.850. The second-order valence-corrected chi connectivity index (χ2v) is 5.88. The van der Waals surface area contributed by atoms with E-state index in [1.807, 2.05) is 0 Å². The van der Waals surface area contributed by atoms with Gasteiger partial charge in [-0.1, -0.05) is 18.2 Å². The number of nitrogens with one attached hydrogen (secondary N) is 2. The standard InChI is InChI=1S/C18H21FN4O2/c19-15-6-2-1-4-13(15)7-9-20-17(24)16-8-10-21-18(23-16)22-12-14-5-3-11-25-14/h1-2,4,6,8,10,14H,3,5,7,9,11-12H2,(H,20,24)(H,21,22,23). The van der Waals surface area contributed by atoms with Crippen LogP contribution in [0, 0.1) is 5.82 Å². The van der Waals surface area contributed by atoms with Crippen LogP contribution in [-0.2, 0) is 11.2 Å². The third-order valence-corrected chi connectivity index (χ3v) is 4.04. The number of ether oxygens (including phenoxy) is 1. The quantitative estimate of drug-likeness (QED) is 0.805. The van der Waals surface area contributed by atoms with Gasteiger partial charge in [-0.05, 0) is 37.0 Å². The summed E-state index contributed by atoms with van der Waals surface area (Å²) in [5, 5.41) is 5.85. The Morgan fingerprint density at radius 2 is 2.20 bits per heavy atom. The van der Waals surface area contributed by atoms with E-state index in [9.17, 15) is 9.18 Å². The molecule has 1 atom stereocenters. The molecule has 2 heterocycles. The first-order chi connectivity index (χ1) is 12.2. The Kier molecular flexibility index (Phi) is 5.90. The van der Waals surface area contributed by atoms with Crippen molar-refractivity contribution in [2.24, 2.45) is 0 Å². The first-order valence-corrected chi connectivity index (χ1v) is 8.42. The van der Waals surface area contributed by atoms with E-state index in [1.54, 1.807) is 24.3 Å². The van der Waals surface area contributed by atoms with Gasteiger partial charge in [-0.2, -0.15) is 0 Å². The molecule has 1 aliphatic rings. The minimum absolute atomic E-state index is 0.168. The molecule has 2 aromatic rings. The van der Waals surface area contributed by atoms with Crippen LogP contribution in [0.1, 0.15) is 28.9 Å². The maximum absolute atomic E-state index is 13.6. The maximum Gasteiger partial charge on any atom is 0.270 e. The largest absolute Gasteiger partial charge is 0.376 e. The number of amides is 1. The number of nitrogens with zero attached hydrogens (tertiary/aromatic N) is 2. The first kappa shape index (κ1) is 17.3. The fourth-order valence-corrected chi connectivity index (χ4v) is 2.68. The highest BCUT2D eigenvalue weighted by Crippen LogP contribution is 2.12. The molecule has 2 N–H and O–H groups in total. The summed E-state index contributed by atoms with van der Waals surface area (Å²) in [6, 6.07) is 8.09. The fraction of sp³-hybridized carbons (Fsp3) is 0.389. The monoisotopic (exact) mass is 344 g/mol. The molecule has 1 aliphatic heterocycles. The van der Waals surface area contributed by atoms with E-state index in [1.165, 1.54) is 12.3 Å². The van der Waals surface area contributed by atoms with Gasteiger partial charge in [0.25, 0.3) is 5.91 Å². The molecule has 1 amide bonds. The number of anilines is 1. The SMILES string of the molecule is O=C(NCCc1ccccc1F)c1ccnc(NCC2CCCO2)n1. The fourth-order valence-electron chi connectivity index (χ4n) is 2.68. The Labute approximate surface area is 145 Å². The van der Waals surface area contributed by atoms with Crippen LogP contribution < -0.4 is 10.6 Å². The first-order valence-electron chi connectivity index (χ1n) is 8.42. The van der Waals surface area contributed by atoms with Gasteiger partial charge in [0.05, 0.1) is 6.10 Å². The number of aromatic nitrogens is 2. The van der Waals surface area contributed by atoms with Crippen molar-refractivity contribution in [2.75, 3.05) is 25.0 Å². The second-order valence-electron chi connectivity index (χ2n) is 5.88. The van der Waals surface area contributed by atoms with Gasteiger partial charge in [0, 0.05) is 25.9 Å². The highest BCUT2D eigenvalue weighted by molar-refractivity contribution is 5.92. The highest BCUT2D eigenvalue weighted by Gasteiger charge is 2.16. The molecule has 3 rings (SSSR count). The number of hydrogen-bond donors (Lipinski definition) is 2. The predicted octanol–water partition coefficient (Wildman–Crippen LogP) is 2.18. The van der Waals surface area contributed by atoms with Crippen LogP contribution in [-0.4, -0.2) is 41.7 Å². The number of rotatable bonds is 7. The third-order valence-electron chi connectivity index (χ3n) is 4.04.